The Morgan fingerprint density at radius 1 is 1.29 bits per heavy atom. The van der Waals surface area contributed by atoms with Crippen LogP contribution in [0.2, 0.25) is 5.02 Å². The highest BCUT2D eigenvalue weighted by molar-refractivity contribution is 6.36. The van der Waals surface area contributed by atoms with Gasteiger partial charge in [0.25, 0.3) is 5.91 Å². The van der Waals surface area contributed by atoms with Crippen LogP contribution in [0.1, 0.15) is 73.5 Å². The van der Waals surface area contributed by atoms with Gasteiger partial charge in [0.05, 0.1) is 27.3 Å². The van der Waals surface area contributed by atoms with E-state index < -0.39 is 24.5 Å². The molecule has 194 valence electrons. The van der Waals surface area contributed by atoms with Gasteiger partial charge < -0.3 is 10.1 Å². The Hall–Kier alpha value is -2.22. The standard InChI is InChI=1S/C26H35ClF3N3O2/c1-6-33-23(19-12-11-18(13-20(19)35-5)14-25(3,4)26(28,29)30)21(27)22(32-33)24(34)31-15-17-9-7-16(2)8-10-17/h11-13,16-17H,6-10,14-15H2,1-5H3,(H,31,34)/i5D3. The molecule has 0 bridgehead atoms. The summed E-state index contributed by atoms with van der Waals surface area (Å²) in [6.45, 7) is 6.97. The first-order chi connectivity index (χ1) is 17.5. The van der Waals surface area contributed by atoms with E-state index in [2.05, 4.69) is 17.3 Å². The second-order valence-corrected chi connectivity index (χ2v) is 10.5. The van der Waals surface area contributed by atoms with Crippen molar-refractivity contribution in [3.8, 4) is 17.0 Å². The first-order valence-corrected chi connectivity index (χ1v) is 12.3. The molecule has 1 aliphatic rings. The maximum atomic E-state index is 13.5. The zero-order chi connectivity index (χ0) is 28.5. The molecule has 0 radical (unpaired) electrons. The molecular formula is C26H35ClF3N3O2. The zero-order valence-electron chi connectivity index (χ0n) is 23.6. The predicted octanol–water partition coefficient (Wildman–Crippen LogP) is 6.92. The number of nitrogens with zero attached hydrogens (tertiary/aromatic N) is 2. The lowest BCUT2D eigenvalue weighted by Crippen LogP contribution is -2.34. The van der Waals surface area contributed by atoms with E-state index in [-0.39, 0.29) is 39.7 Å². The van der Waals surface area contributed by atoms with Gasteiger partial charge in [0.1, 0.15) is 5.75 Å². The molecule has 0 atom stereocenters. The van der Waals surface area contributed by atoms with E-state index in [1.807, 2.05) is 0 Å². The van der Waals surface area contributed by atoms with Gasteiger partial charge >= 0.3 is 6.18 Å². The molecule has 1 heterocycles. The molecule has 1 amide bonds. The Bertz CT molecular complexity index is 1140. The predicted molar refractivity (Wildman–Crippen MR) is 132 cm³/mol. The van der Waals surface area contributed by atoms with Crippen LogP contribution < -0.4 is 10.1 Å². The highest BCUT2D eigenvalue weighted by Crippen LogP contribution is 2.42. The van der Waals surface area contributed by atoms with Crippen molar-refractivity contribution >= 4 is 17.5 Å². The van der Waals surface area contributed by atoms with Crippen LogP contribution in [0.5, 0.6) is 5.75 Å². The number of aromatic nitrogens is 2. The van der Waals surface area contributed by atoms with E-state index in [0.29, 0.717) is 24.9 Å². The summed E-state index contributed by atoms with van der Waals surface area (Å²) >= 11 is 6.64. The number of methoxy groups -OCH3 is 1. The summed E-state index contributed by atoms with van der Waals surface area (Å²) < 4.78 is 69.8. The normalized spacial score (nSPS) is 20.6. The van der Waals surface area contributed by atoms with E-state index in [4.69, 9.17) is 20.5 Å². The fraction of sp³-hybridized carbons (Fsp3) is 0.615. The smallest absolute Gasteiger partial charge is 0.394 e. The van der Waals surface area contributed by atoms with Gasteiger partial charge in [0.15, 0.2) is 5.69 Å². The fourth-order valence-electron chi connectivity index (χ4n) is 4.49. The second-order valence-electron chi connectivity index (χ2n) is 10.2. The Labute approximate surface area is 214 Å². The van der Waals surface area contributed by atoms with Crippen molar-refractivity contribution < 1.29 is 26.8 Å². The molecule has 1 aromatic heterocycles. The third kappa shape index (κ3) is 6.13. The Morgan fingerprint density at radius 2 is 1.97 bits per heavy atom. The number of nitrogens with one attached hydrogen (secondary N) is 1. The maximum Gasteiger partial charge on any atom is 0.394 e. The Balaban J connectivity index is 1.95. The number of aryl methyl sites for hydroxylation is 1. The van der Waals surface area contributed by atoms with Gasteiger partial charge in [-0.05, 0) is 55.7 Å². The number of benzene rings is 1. The van der Waals surface area contributed by atoms with E-state index >= 15 is 0 Å². The molecule has 35 heavy (non-hydrogen) atoms. The lowest BCUT2D eigenvalue weighted by atomic mass is 9.83. The first-order valence-electron chi connectivity index (χ1n) is 13.5. The number of carbonyl (C=O) groups excluding carboxylic acids is 1. The van der Waals surface area contributed by atoms with Crippen molar-refractivity contribution in [2.45, 2.75) is 72.5 Å². The van der Waals surface area contributed by atoms with Gasteiger partial charge in [-0.3, -0.25) is 9.48 Å². The fourth-order valence-corrected chi connectivity index (χ4v) is 4.82. The molecule has 0 unspecified atom stereocenters. The summed E-state index contributed by atoms with van der Waals surface area (Å²) in [5.74, 6) is 0.468. The summed E-state index contributed by atoms with van der Waals surface area (Å²) in [7, 11) is -2.87. The quantitative estimate of drug-likeness (QED) is 0.414. The molecule has 0 aliphatic heterocycles. The minimum atomic E-state index is -4.46. The van der Waals surface area contributed by atoms with Crippen molar-refractivity contribution in [2.24, 2.45) is 17.3 Å². The van der Waals surface area contributed by atoms with E-state index in [9.17, 15) is 18.0 Å². The van der Waals surface area contributed by atoms with E-state index in [1.165, 1.54) is 22.9 Å². The molecule has 1 saturated carbocycles. The third-order valence-corrected chi connectivity index (χ3v) is 7.28. The highest BCUT2D eigenvalue weighted by Gasteiger charge is 2.47. The number of carbonyl (C=O) groups is 1. The molecule has 9 heteroatoms. The number of halogens is 4. The van der Waals surface area contributed by atoms with Gasteiger partial charge in [-0.15, -0.1) is 0 Å². The number of hydrogen-bond acceptors (Lipinski definition) is 3. The van der Waals surface area contributed by atoms with Gasteiger partial charge in [0.2, 0.25) is 0 Å². The summed E-state index contributed by atoms with van der Waals surface area (Å²) in [5.41, 5.74) is -1.33. The summed E-state index contributed by atoms with van der Waals surface area (Å²) in [6.07, 6.45) is -0.521. The zero-order valence-corrected chi connectivity index (χ0v) is 21.3. The van der Waals surface area contributed by atoms with Gasteiger partial charge in [-0.25, -0.2) is 0 Å². The Kier molecular flexibility index (Phi) is 7.16. The first kappa shape index (κ1) is 23.2. The summed E-state index contributed by atoms with van der Waals surface area (Å²) in [5, 5.41) is 7.29. The van der Waals surface area contributed by atoms with Crippen LogP contribution in [0.15, 0.2) is 18.2 Å². The van der Waals surface area contributed by atoms with Crippen LogP contribution in [-0.4, -0.2) is 35.4 Å². The molecule has 2 aromatic rings. The second kappa shape index (κ2) is 10.8. The number of hydrogen-bond donors (Lipinski definition) is 1. The number of amides is 1. The van der Waals surface area contributed by atoms with E-state index in [0.717, 1.165) is 39.5 Å². The van der Waals surface area contributed by atoms with Gasteiger partial charge in [-0.1, -0.05) is 51.3 Å². The van der Waals surface area contributed by atoms with Crippen molar-refractivity contribution in [1.82, 2.24) is 15.1 Å². The molecule has 1 N–H and O–H groups in total. The molecule has 0 saturated heterocycles. The Morgan fingerprint density at radius 3 is 2.57 bits per heavy atom. The summed E-state index contributed by atoms with van der Waals surface area (Å²) in [4.78, 5) is 13.0. The largest absolute Gasteiger partial charge is 0.496 e. The van der Waals surface area contributed by atoms with Crippen LogP contribution in [-0.2, 0) is 13.0 Å². The van der Waals surface area contributed by atoms with Crippen molar-refractivity contribution in [3.63, 3.8) is 0 Å². The average Bonchev–Trinajstić information content (AvgIpc) is 3.13. The molecule has 5 nitrogen and oxygen atoms in total. The summed E-state index contributed by atoms with van der Waals surface area (Å²) in [6, 6.07) is 4.22. The number of alkyl halides is 3. The molecule has 0 spiro atoms. The molecule has 3 rings (SSSR count). The van der Waals surface area contributed by atoms with Crippen LogP contribution in [0.25, 0.3) is 11.3 Å². The van der Waals surface area contributed by atoms with Crippen LogP contribution in [0.4, 0.5) is 13.2 Å². The van der Waals surface area contributed by atoms with Crippen LogP contribution in [0.3, 0.4) is 0 Å². The molecule has 1 aliphatic carbocycles. The average molecular weight is 517 g/mol. The SMILES string of the molecule is [2H]C([2H])([2H])Oc1cc(CC(C)(C)C(F)(F)F)ccc1-c1c(Cl)c(C(=O)NCC2CCC(C)CC2)nn1CC. The topological polar surface area (TPSA) is 56.1 Å². The molecule has 1 fully saturated rings. The monoisotopic (exact) mass is 516 g/mol. The van der Waals surface area contributed by atoms with Gasteiger partial charge in [-0.2, -0.15) is 18.3 Å². The lowest BCUT2D eigenvalue weighted by molar-refractivity contribution is -0.211. The van der Waals surface area contributed by atoms with Crippen LogP contribution in [0, 0.1) is 17.3 Å². The van der Waals surface area contributed by atoms with Crippen molar-refractivity contribution in [1.29, 1.82) is 0 Å². The molecular weight excluding hydrogens is 479 g/mol. The van der Waals surface area contributed by atoms with Crippen molar-refractivity contribution in [3.05, 3.63) is 34.5 Å². The third-order valence-electron chi connectivity index (χ3n) is 6.92. The lowest BCUT2D eigenvalue weighted by Gasteiger charge is -2.28. The number of ether oxygens (including phenoxy) is 1. The number of rotatable bonds is 8. The molecule has 1 aromatic carbocycles. The maximum absolute atomic E-state index is 13.5. The highest BCUT2D eigenvalue weighted by atomic mass is 35.5. The van der Waals surface area contributed by atoms with Crippen molar-refractivity contribution in [2.75, 3.05) is 13.6 Å². The van der Waals surface area contributed by atoms with Crippen LogP contribution >= 0.6 is 11.6 Å². The minimum absolute atomic E-state index is 0.00481. The van der Waals surface area contributed by atoms with Gasteiger partial charge in [0, 0.05) is 18.7 Å². The van der Waals surface area contributed by atoms with E-state index in [1.54, 1.807) is 6.92 Å². The minimum Gasteiger partial charge on any atom is -0.496 e.